The van der Waals surface area contributed by atoms with Gasteiger partial charge in [0, 0.05) is 12.1 Å². The maximum Gasteiger partial charge on any atom is 0.243 e. The molecule has 1 aromatic rings. The number of hydrogen-bond donors (Lipinski definition) is 0. The van der Waals surface area contributed by atoms with Gasteiger partial charge in [-0.15, -0.1) is 0 Å². The van der Waals surface area contributed by atoms with Crippen LogP contribution >= 0.6 is 0 Å². The molecule has 0 bridgehead atoms. The second-order valence-corrected chi connectivity index (χ2v) is 10.5. The second kappa shape index (κ2) is 5.89. The van der Waals surface area contributed by atoms with Crippen molar-refractivity contribution >= 4 is 10.0 Å². The molecule has 23 heavy (non-hydrogen) atoms. The first-order valence-corrected chi connectivity index (χ1v) is 9.98. The Morgan fingerprint density at radius 3 is 2.22 bits per heavy atom. The van der Waals surface area contributed by atoms with E-state index in [1.54, 1.807) is 4.31 Å². The highest BCUT2D eigenvalue weighted by atomic mass is 32.2. The van der Waals surface area contributed by atoms with E-state index in [9.17, 15) is 8.42 Å². The summed E-state index contributed by atoms with van der Waals surface area (Å²) in [6.45, 7) is 15.2. The number of hydrogen-bond acceptors (Lipinski definition) is 2. The number of nitrogens with zero attached hydrogens (tertiary/aromatic N) is 1. The van der Waals surface area contributed by atoms with E-state index in [1.807, 2.05) is 26.0 Å². The Morgan fingerprint density at radius 1 is 1.17 bits per heavy atom. The lowest BCUT2D eigenvalue weighted by Gasteiger charge is -2.33. The molecular weight excluding hydrogens is 306 g/mol. The van der Waals surface area contributed by atoms with Crippen LogP contribution in [0.15, 0.2) is 23.1 Å². The highest BCUT2D eigenvalue weighted by Gasteiger charge is 2.42. The minimum Gasteiger partial charge on any atom is -0.207 e. The van der Waals surface area contributed by atoms with Crippen molar-refractivity contribution in [1.82, 2.24) is 4.31 Å². The van der Waals surface area contributed by atoms with Gasteiger partial charge in [0.2, 0.25) is 10.0 Å². The molecule has 4 heteroatoms. The molecule has 0 N–H and O–H groups in total. The molecule has 0 aliphatic carbocycles. The van der Waals surface area contributed by atoms with Crippen LogP contribution in [0.2, 0.25) is 0 Å². The molecule has 2 rings (SSSR count). The number of benzene rings is 1. The van der Waals surface area contributed by atoms with Gasteiger partial charge in [0.25, 0.3) is 0 Å². The Morgan fingerprint density at radius 2 is 1.78 bits per heavy atom. The van der Waals surface area contributed by atoms with Crippen molar-refractivity contribution in [3.05, 3.63) is 29.3 Å². The van der Waals surface area contributed by atoms with Crippen molar-refractivity contribution in [2.45, 2.75) is 83.1 Å². The fraction of sp³-hybridized carbons (Fsp3) is 0.684. The minimum absolute atomic E-state index is 0.211. The molecule has 1 aromatic carbocycles. The third-order valence-electron chi connectivity index (χ3n) is 4.87. The Kier molecular flexibility index (Phi) is 4.73. The van der Waals surface area contributed by atoms with Gasteiger partial charge in [0.1, 0.15) is 0 Å². The van der Waals surface area contributed by atoms with Crippen LogP contribution in [0.5, 0.6) is 0 Å². The van der Waals surface area contributed by atoms with Crippen LogP contribution in [0.1, 0.15) is 78.4 Å². The minimum atomic E-state index is -3.47. The summed E-state index contributed by atoms with van der Waals surface area (Å²) in [5.74, 6) is 0.385. The van der Waals surface area contributed by atoms with Gasteiger partial charge in [0.15, 0.2) is 0 Å². The van der Waals surface area contributed by atoms with E-state index >= 15 is 0 Å². The maximum atomic E-state index is 13.3. The van der Waals surface area contributed by atoms with E-state index in [-0.39, 0.29) is 11.0 Å². The second-order valence-electron chi connectivity index (χ2n) is 8.65. The lowest BCUT2D eigenvalue weighted by molar-refractivity contribution is 0.291. The summed E-state index contributed by atoms with van der Waals surface area (Å²) in [7, 11) is -3.47. The maximum absolute atomic E-state index is 13.3. The van der Waals surface area contributed by atoms with Gasteiger partial charge >= 0.3 is 0 Å². The smallest absolute Gasteiger partial charge is 0.207 e. The molecule has 0 aromatic heterocycles. The zero-order valence-corrected chi connectivity index (χ0v) is 16.4. The zero-order valence-electron chi connectivity index (χ0n) is 15.6. The molecule has 0 spiro atoms. The molecule has 0 radical (unpaired) electrons. The topological polar surface area (TPSA) is 37.4 Å². The number of sulfonamides is 1. The van der Waals surface area contributed by atoms with Crippen molar-refractivity contribution in [2.75, 3.05) is 6.54 Å². The molecule has 1 fully saturated rings. The summed E-state index contributed by atoms with van der Waals surface area (Å²) < 4.78 is 28.3. The summed E-state index contributed by atoms with van der Waals surface area (Å²) in [4.78, 5) is 0.476. The Labute approximate surface area is 142 Å². The van der Waals surface area contributed by atoms with Crippen LogP contribution in [-0.2, 0) is 15.4 Å². The lowest BCUT2D eigenvalue weighted by Crippen LogP contribution is -2.43. The van der Waals surface area contributed by atoms with E-state index in [1.165, 1.54) is 5.56 Å². The molecule has 3 nitrogen and oxygen atoms in total. The molecule has 130 valence electrons. The average Bonchev–Trinajstić information content (AvgIpc) is 2.77. The summed E-state index contributed by atoms with van der Waals surface area (Å²) in [6, 6.07) is 5.87. The molecule has 1 saturated heterocycles. The SMILES string of the molecule is CC(C)c1ccc(S(=O)(=O)N2CCCC2(C)C)c(C(C)(C)C)c1. The molecule has 0 saturated carbocycles. The summed E-state index contributed by atoms with van der Waals surface area (Å²) in [6.07, 6.45) is 1.85. The predicted octanol–water partition coefficient (Wildman–Crippen LogP) is 4.67. The van der Waals surface area contributed by atoms with Crippen LogP contribution < -0.4 is 0 Å². The van der Waals surface area contributed by atoms with E-state index in [0.29, 0.717) is 17.4 Å². The first kappa shape index (κ1) is 18.5. The highest BCUT2D eigenvalue weighted by molar-refractivity contribution is 7.89. The van der Waals surface area contributed by atoms with Crippen molar-refractivity contribution in [2.24, 2.45) is 0 Å². The van der Waals surface area contributed by atoms with Gasteiger partial charge in [-0.25, -0.2) is 8.42 Å². The standard InChI is InChI=1S/C19H31NO2S/c1-14(2)15-9-10-17(16(13-15)18(3,4)5)23(21,22)20-12-8-11-19(20,6)7/h9-10,13-14H,8,11-12H2,1-7H3. The van der Waals surface area contributed by atoms with E-state index in [0.717, 1.165) is 18.4 Å². The quantitative estimate of drug-likeness (QED) is 0.803. The van der Waals surface area contributed by atoms with Crippen molar-refractivity contribution in [1.29, 1.82) is 0 Å². The molecule has 1 heterocycles. The summed E-state index contributed by atoms with van der Waals surface area (Å²) in [5.41, 5.74) is 1.60. The van der Waals surface area contributed by atoms with Gasteiger partial charge in [-0.05, 0) is 55.2 Å². The van der Waals surface area contributed by atoms with Crippen LogP contribution in [0, 0.1) is 0 Å². The van der Waals surface area contributed by atoms with Crippen LogP contribution in [0.25, 0.3) is 0 Å². The average molecular weight is 338 g/mol. The van der Waals surface area contributed by atoms with Crippen molar-refractivity contribution in [3.63, 3.8) is 0 Å². The molecule has 0 amide bonds. The fourth-order valence-corrected chi connectivity index (χ4v) is 5.60. The van der Waals surface area contributed by atoms with Gasteiger partial charge in [-0.3, -0.25) is 0 Å². The predicted molar refractivity (Wildman–Crippen MR) is 96.4 cm³/mol. The first-order valence-electron chi connectivity index (χ1n) is 8.54. The van der Waals surface area contributed by atoms with Gasteiger partial charge in [-0.1, -0.05) is 46.8 Å². The summed E-state index contributed by atoms with van der Waals surface area (Å²) in [5, 5.41) is 0. The molecular formula is C19H31NO2S. The molecule has 0 unspecified atom stereocenters. The van der Waals surface area contributed by atoms with Crippen LogP contribution in [0.3, 0.4) is 0 Å². The lowest BCUT2D eigenvalue weighted by atomic mass is 9.85. The zero-order chi connectivity index (χ0) is 17.6. The Bertz CT molecular complexity index is 682. The largest absolute Gasteiger partial charge is 0.243 e. The van der Waals surface area contributed by atoms with Crippen LogP contribution in [-0.4, -0.2) is 24.8 Å². The fourth-order valence-electron chi connectivity index (χ4n) is 3.36. The molecule has 1 aliphatic rings. The molecule has 1 aliphatic heterocycles. The van der Waals surface area contributed by atoms with Crippen molar-refractivity contribution in [3.8, 4) is 0 Å². The van der Waals surface area contributed by atoms with Gasteiger partial charge < -0.3 is 0 Å². The first-order chi connectivity index (χ1) is 10.4. The van der Waals surface area contributed by atoms with Gasteiger partial charge in [-0.2, -0.15) is 4.31 Å². The Balaban J connectivity index is 2.63. The monoisotopic (exact) mass is 337 g/mol. The van der Waals surface area contributed by atoms with Gasteiger partial charge in [0.05, 0.1) is 4.90 Å². The van der Waals surface area contributed by atoms with Crippen molar-refractivity contribution < 1.29 is 8.42 Å². The third-order valence-corrected chi connectivity index (χ3v) is 7.04. The normalized spacial score (nSPS) is 19.5. The van der Waals surface area contributed by atoms with E-state index < -0.39 is 10.0 Å². The third kappa shape index (κ3) is 3.48. The summed E-state index contributed by atoms with van der Waals surface area (Å²) >= 11 is 0. The van der Waals surface area contributed by atoms with Crippen LogP contribution in [0.4, 0.5) is 0 Å². The molecule has 0 atom stereocenters. The highest BCUT2D eigenvalue weighted by Crippen LogP contribution is 2.38. The van der Waals surface area contributed by atoms with E-state index in [2.05, 4.69) is 40.7 Å². The van der Waals surface area contributed by atoms with E-state index in [4.69, 9.17) is 0 Å². The Hall–Kier alpha value is -0.870. The number of rotatable bonds is 3.